The van der Waals surface area contributed by atoms with Crippen LogP contribution in [0.25, 0.3) is 11.4 Å². The molecule has 0 bridgehead atoms. The van der Waals surface area contributed by atoms with Gasteiger partial charge < -0.3 is 9.84 Å². The first-order valence-corrected chi connectivity index (χ1v) is 7.56. The first-order valence-electron chi connectivity index (χ1n) is 7.56. The van der Waals surface area contributed by atoms with Gasteiger partial charge in [-0.3, -0.25) is 9.89 Å². The average Bonchev–Trinajstić information content (AvgIpc) is 3.25. The number of aromatic amines is 1. The van der Waals surface area contributed by atoms with Gasteiger partial charge in [0.15, 0.2) is 11.5 Å². The Morgan fingerprint density at radius 2 is 2.00 bits per heavy atom. The van der Waals surface area contributed by atoms with Gasteiger partial charge in [-0.15, -0.1) is 0 Å². The van der Waals surface area contributed by atoms with E-state index in [1.54, 1.807) is 0 Å². The Hall–Kier alpha value is -2.96. The van der Waals surface area contributed by atoms with Crippen molar-refractivity contribution in [3.63, 3.8) is 0 Å². The highest BCUT2D eigenvalue weighted by atomic mass is 16.5. The Morgan fingerprint density at radius 3 is 2.78 bits per heavy atom. The van der Waals surface area contributed by atoms with Gasteiger partial charge in [0.05, 0.1) is 0 Å². The van der Waals surface area contributed by atoms with Gasteiger partial charge in [-0.05, 0) is 43.5 Å². The molecule has 1 aromatic carbocycles. The molecule has 0 fully saturated rings. The molecule has 4 rings (SSSR count). The lowest BCUT2D eigenvalue weighted by atomic mass is 9.96. The molecule has 1 aliphatic rings. The molecule has 2 heterocycles. The van der Waals surface area contributed by atoms with Gasteiger partial charge >= 0.3 is 0 Å². The van der Waals surface area contributed by atoms with Crippen molar-refractivity contribution in [1.29, 1.82) is 0 Å². The molecular weight excluding hydrogens is 294 g/mol. The maximum absolute atomic E-state index is 12.4. The monoisotopic (exact) mass is 309 g/mol. The number of fused-ring (bicyclic) bond motifs is 1. The van der Waals surface area contributed by atoms with Crippen LogP contribution in [0, 0.1) is 0 Å². The maximum Gasteiger partial charge on any atom is 0.278 e. The summed E-state index contributed by atoms with van der Waals surface area (Å²) in [5.74, 6) is 1.31. The highest BCUT2D eigenvalue weighted by Crippen LogP contribution is 2.25. The van der Waals surface area contributed by atoms with E-state index in [2.05, 4.69) is 25.7 Å². The van der Waals surface area contributed by atoms with E-state index in [9.17, 15) is 4.79 Å². The summed E-state index contributed by atoms with van der Waals surface area (Å²) >= 11 is 0. The third-order valence-corrected chi connectivity index (χ3v) is 4.00. The van der Waals surface area contributed by atoms with Gasteiger partial charge in [0.1, 0.15) is 12.1 Å². The fourth-order valence-electron chi connectivity index (χ4n) is 2.81. The zero-order valence-corrected chi connectivity index (χ0v) is 12.4. The molecule has 0 aliphatic heterocycles. The van der Waals surface area contributed by atoms with Crippen molar-refractivity contribution in [2.24, 2.45) is 0 Å². The quantitative estimate of drug-likeness (QED) is 0.775. The van der Waals surface area contributed by atoms with Gasteiger partial charge in [0, 0.05) is 23.2 Å². The minimum Gasteiger partial charge on any atom is -0.360 e. The first kappa shape index (κ1) is 13.7. The summed E-state index contributed by atoms with van der Waals surface area (Å²) in [6.07, 6.45) is 5.33. The van der Waals surface area contributed by atoms with Gasteiger partial charge in [-0.1, -0.05) is 5.16 Å². The summed E-state index contributed by atoms with van der Waals surface area (Å²) in [5, 5.41) is 13.4. The maximum atomic E-state index is 12.4. The molecule has 7 heteroatoms. The van der Waals surface area contributed by atoms with Crippen LogP contribution in [0.1, 0.15) is 34.7 Å². The molecule has 23 heavy (non-hydrogen) atoms. The summed E-state index contributed by atoms with van der Waals surface area (Å²) in [6.45, 7) is 0. The lowest BCUT2D eigenvalue weighted by Crippen LogP contribution is -2.15. The molecule has 0 saturated carbocycles. The summed E-state index contributed by atoms with van der Waals surface area (Å²) in [7, 11) is 0. The minimum absolute atomic E-state index is 0.232. The van der Waals surface area contributed by atoms with E-state index in [4.69, 9.17) is 4.52 Å². The number of amides is 1. The highest BCUT2D eigenvalue weighted by Gasteiger charge is 2.23. The van der Waals surface area contributed by atoms with E-state index in [-0.39, 0.29) is 5.91 Å². The van der Waals surface area contributed by atoms with Crippen LogP contribution < -0.4 is 5.32 Å². The summed E-state index contributed by atoms with van der Waals surface area (Å²) in [4.78, 5) is 16.5. The topological polar surface area (TPSA) is 96.7 Å². The number of nitrogens with one attached hydrogen (secondary N) is 2. The number of hydrogen-bond acceptors (Lipinski definition) is 5. The van der Waals surface area contributed by atoms with E-state index in [1.807, 2.05) is 24.3 Å². The third-order valence-electron chi connectivity index (χ3n) is 4.00. The Bertz CT molecular complexity index is 821. The molecule has 3 aromatic rings. The average molecular weight is 309 g/mol. The predicted molar refractivity (Wildman–Crippen MR) is 82.9 cm³/mol. The summed E-state index contributed by atoms with van der Waals surface area (Å²) in [6, 6.07) is 7.38. The van der Waals surface area contributed by atoms with Crippen LogP contribution in [0.5, 0.6) is 0 Å². The molecule has 0 saturated heterocycles. The molecule has 116 valence electrons. The molecule has 7 nitrogen and oxygen atoms in total. The minimum atomic E-state index is -0.232. The second kappa shape index (κ2) is 5.68. The number of benzene rings is 1. The van der Waals surface area contributed by atoms with Crippen molar-refractivity contribution in [2.45, 2.75) is 25.7 Å². The number of H-pyrrole nitrogens is 1. The van der Waals surface area contributed by atoms with E-state index in [0.29, 0.717) is 17.2 Å². The van der Waals surface area contributed by atoms with E-state index >= 15 is 0 Å². The fraction of sp³-hybridized carbons (Fsp3) is 0.250. The number of hydrogen-bond donors (Lipinski definition) is 2. The standard InChI is InChI=1S/C16H15N5O2/c22-16(14-12-3-1-2-4-13(12)23-21-14)19-11-7-5-10(6-8-11)15-17-9-18-20-15/h5-9H,1-4H2,(H,19,22)(H,17,18,20). The molecule has 2 N–H and O–H groups in total. The molecule has 2 aromatic heterocycles. The normalized spacial score (nSPS) is 13.6. The predicted octanol–water partition coefficient (Wildman–Crippen LogP) is 2.59. The van der Waals surface area contributed by atoms with E-state index < -0.39 is 0 Å². The van der Waals surface area contributed by atoms with Crippen LogP contribution in [0.15, 0.2) is 35.1 Å². The first-order chi connectivity index (χ1) is 11.3. The Morgan fingerprint density at radius 1 is 1.17 bits per heavy atom. The number of aromatic nitrogens is 4. The Balaban J connectivity index is 1.51. The van der Waals surface area contributed by atoms with Crippen molar-refractivity contribution >= 4 is 11.6 Å². The van der Waals surface area contributed by atoms with Crippen LogP contribution in [0.3, 0.4) is 0 Å². The second-order valence-corrected chi connectivity index (χ2v) is 5.51. The highest BCUT2D eigenvalue weighted by molar-refractivity contribution is 6.04. The number of anilines is 1. The largest absolute Gasteiger partial charge is 0.360 e. The molecule has 0 unspecified atom stereocenters. The fourth-order valence-corrected chi connectivity index (χ4v) is 2.81. The smallest absolute Gasteiger partial charge is 0.278 e. The molecule has 1 amide bonds. The van der Waals surface area contributed by atoms with Crippen LogP contribution in [-0.4, -0.2) is 26.2 Å². The van der Waals surface area contributed by atoms with Gasteiger partial charge in [0.2, 0.25) is 0 Å². The second-order valence-electron chi connectivity index (χ2n) is 5.51. The molecule has 0 spiro atoms. The van der Waals surface area contributed by atoms with Gasteiger partial charge in [-0.2, -0.15) is 5.10 Å². The Labute approximate surface area is 132 Å². The van der Waals surface area contributed by atoms with Crippen molar-refractivity contribution in [3.8, 4) is 11.4 Å². The van der Waals surface area contributed by atoms with Crippen LogP contribution in [0.4, 0.5) is 5.69 Å². The molecule has 1 aliphatic carbocycles. The van der Waals surface area contributed by atoms with E-state index in [1.165, 1.54) is 6.33 Å². The Kier molecular flexibility index (Phi) is 3.38. The number of carbonyl (C=O) groups excluding carboxylic acids is 1. The van der Waals surface area contributed by atoms with Crippen LogP contribution >= 0.6 is 0 Å². The number of rotatable bonds is 3. The van der Waals surface area contributed by atoms with Crippen molar-refractivity contribution < 1.29 is 9.32 Å². The number of nitrogens with zero attached hydrogens (tertiary/aromatic N) is 3. The lowest BCUT2D eigenvalue weighted by molar-refractivity contribution is 0.101. The van der Waals surface area contributed by atoms with Crippen molar-refractivity contribution in [1.82, 2.24) is 20.3 Å². The summed E-state index contributed by atoms with van der Waals surface area (Å²) in [5.41, 5.74) is 2.95. The molecule has 0 atom stereocenters. The SMILES string of the molecule is O=C(Nc1ccc(-c2ncn[nH]2)cc1)c1noc2c1CCCC2. The van der Waals surface area contributed by atoms with Gasteiger partial charge in [0.25, 0.3) is 5.91 Å². The van der Waals surface area contributed by atoms with E-state index in [0.717, 1.165) is 42.6 Å². The van der Waals surface area contributed by atoms with Crippen molar-refractivity contribution in [2.75, 3.05) is 5.32 Å². The number of carbonyl (C=O) groups is 1. The lowest BCUT2D eigenvalue weighted by Gasteiger charge is -2.09. The van der Waals surface area contributed by atoms with Crippen LogP contribution in [-0.2, 0) is 12.8 Å². The third kappa shape index (κ3) is 2.61. The molecule has 0 radical (unpaired) electrons. The summed E-state index contributed by atoms with van der Waals surface area (Å²) < 4.78 is 5.28. The zero-order valence-electron chi connectivity index (χ0n) is 12.4. The zero-order chi connectivity index (χ0) is 15.6. The van der Waals surface area contributed by atoms with Crippen molar-refractivity contribution in [3.05, 3.63) is 47.6 Å². The van der Waals surface area contributed by atoms with Crippen LogP contribution in [0.2, 0.25) is 0 Å². The molecular formula is C16H15N5O2. The number of aryl methyl sites for hydroxylation is 1. The van der Waals surface area contributed by atoms with Gasteiger partial charge in [-0.25, -0.2) is 4.98 Å².